The van der Waals surface area contributed by atoms with Gasteiger partial charge in [0.1, 0.15) is 12.2 Å². The van der Waals surface area contributed by atoms with Crippen LogP contribution in [-0.4, -0.2) is 60.7 Å². The molecule has 0 radical (unpaired) electrons. The molecule has 1 aliphatic rings. The van der Waals surface area contributed by atoms with Crippen molar-refractivity contribution in [2.24, 2.45) is 0 Å². The Morgan fingerprint density at radius 2 is 1.89 bits per heavy atom. The molecule has 1 fully saturated rings. The number of ether oxygens (including phenoxy) is 1. The van der Waals surface area contributed by atoms with Gasteiger partial charge >= 0.3 is 6.09 Å². The molecule has 45 heavy (non-hydrogen) atoms. The monoisotopic (exact) mass is 622 g/mol. The van der Waals surface area contributed by atoms with Crippen LogP contribution < -0.4 is 5.32 Å². The van der Waals surface area contributed by atoms with Gasteiger partial charge in [0.15, 0.2) is 0 Å². The summed E-state index contributed by atoms with van der Waals surface area (Å²) in [4.78, 5) is 36.1. The summed E-state index contributed by atoms with van der Waals surface area (Å²) in [6.07, 6.45) is 6.03. The van der Waals surface area contributed by atoms with Crippen LogP contribution in [0.5, 0.6) is 0 Å². The number of benzene rings is 3. The molecule has 2 unspecified atom stereocenters. The van der Waals surface area contributed by atoms with Crippen molar-refractivity contribution in [1.82, 2.24) is 35.1 Å². The number of carbonyl (C=O) groups excluding carboxylic acids is 2. The lowest BCUT2D eigenvalue weighted by atomic mass is 9.83. The van der Waals surface area contributed by atoms with Crippen molar-refractivity contribution < 1.29 is 14.3 Å². The van der Waals surface area contributed by atoms with E-state index < -0.39 is 6.09 Å². The molecular formula is C33H31ClN8O3. The summed E-state index contributed by atoms with van der Waals surface area (Å²) in [5.74, 6) is 0.606. The number of anilines is 1. The lowest BCUT2D eigenvalue weighted by molar-refractivity contribution is -0.130. The van der Waals surface area contributed by atoms with Crippen LogP contribution in [0.25, 0.3) is 23.0 Å². The average Bonchev–Trinajstić information content (AvgIpc) is 3.74. The third-order valence-electron chi connectivity index (χ3n) is 7.91. The van der Waals surface area contributed by atoms with Gasteiger partial charge < -0.3 is 14.6 Å². The zero-order valence-corrected chi connectivity index (χ0v) is 25.5. The number of carbonyl (C=O) groups is 2. The van der Waals surface area contributed by atoms with E-state index in [9.17, 15) is 9.59 Å². The summed E-state index contributed by atoms with van der Waals surface area (Å²) >= 11 is 6.31. The highest BCUT2D eigenvalue weighted by Crippen LogP contribution is 2.42. The van der Waals surface area contributed by atoms with Crippen LogP contribution in [0.4, 0.5) is 10.5 Å². The number of aromatic nitrogens is 6. The van der Waals surface area contributed by atoms with Crippen LogP contribution in [-0.2, 0) is 9.53 Å². The number of hydrogen-bond donors (Lipinski definition) is 2. The lowest BCUT2D eigenvalue weighted by Crippen LogP contribution is -2.41. The quantitative estimate of drug-likeness (QED) is 0.202. The van der Waals surface area contributed by atoms with Gasteiger partial charge in [0, 0.05) is 46.1 Å². The smallest absolute Gasteiger partial charge is 0.411 e. The van der Waals surface area contributed by atoms with E-state index in [1.807, 2.05) is 48.2 Å². The Labute approximate surface area is 264 Å². The van der Waals surface area contributed by atoms with Crippen molar-refractivity contribution >= 4 is 35.4 Å². The largest absolute Gasteiger partial charge is 0.453 e. The highest BCUT2D eigenvalue weighted by atomic mass is 35.5. The fraction of sp³-hybridized carbons (Fsp3) is 0.212. The maximum atomic E-state index is 14.0. The Balaban J connectivity index is 1.34. The molecule has 0 bridgehead atoms. The molecule has 3 aromatic carbocycles. The van der Waals surface area contributed by atoms with Crippen LogP contribution in [0.3, 0.4) is 0 Å². The second kappa shape index (κ2) is 13.1. The van der Waals surface area contributed by atoms with Crippen molar-refractivity contribution in [3.63, 3.8) is 0 Å². The second-order valence-electron chi connectivity index (χ2n) is 10.7. The van der Waals surface area contributed by atoms with E-state index in [-0.39, 0.29) is 17.9 Å². The first-order valence-electron chi connectivity index (χ1n) is 14.5. The summed E-state index contributed by atoms with van der Waals surface area (Å²) in [5, 5.41) is 14.6. The number of methoxy groups -OCH3 is 1. The van der Waals surface area contributed by atoms with E-state index in [0.717, 1.165) is 35.4 Å². The Morgan fingerprint density at radius 1 is 1.09 bits per heavy atom. The predicted molar refractivity (Wildman–Crippen MR) is 171 cm³/mol. The first kappa shape index (κ1) is 29.8. The van der Waals surface area contributed by atoms with Gasteiger partial charge in [0.25, 0.3) is 0 Å². The fourth-order valence-electron chi connectivity index (χ4n) is 5.81. The van der Waals surface area contributed by atoms with Crippen molar-refractivity contribution in [3.05, 3.63) is 113 Å². The van der Waals surface area contributed by atoms with Gasteiger partial charge in [0.2, 0.25) is 5.91 Å². The van der Waals surface area contributed by atoms with Gasteiger partial charge in [-0.05, 0) is 72.2 Å². The topological polar surface area (TPSA) is 131 Å². The Kier molecular flexibility index (Phi) is 8.70. The molecule has 228 valence electrons. The molecule has 5 aromatic rings. The zero-order chi connectivity index (χ0) is 31.3. The second-order valence-corrected chi connectivity index (χ2v) is 11.2. The number of H-pyrrole nitrogens is 1. The minimum atomic E-state index is -0.536. The summed E-state index contributed by atoms with van der Waals surface area (Å²) < 4.78 is 6.21. The SMILES string of the molecule is COC(=O)Nc1ccc(-c2nc(C3C(c4ccccc4)CCCN3C(=O)/C=C/c3cc(Cl)ccc3-n3cnnn3)[nH]c2C)cc1. The first-order valence-corrected chi connectivity index (χ1v) is 14.9. The number of aryl methyl sites for hydroxylation is 1. The van der Waals surface area contributed by atoms with Crippen LogP contribution in [0.15, 0.2) is 85.2 Å². The van der Waals surface area contributed by atoms with Crippen LogP contribution in [0.2, 0.25) is 5.02 Å². The summed E-state index contributed by atoms with van der Waals surface area (Å²) in [6.45, 7) is 2.55. The maximum absolute atomic E-state index is 14.0. The van der Waals surface area contributed by atoms with E-state index in [1.54, 1.807) is 36.4 Å². The predicted octanol–water partition coefficient (Wildman–Crippen LogP) is 6.35. The number of aromatic amines is 1. The maximum Gasteiger partial charge on any atom is 0.411 e. The number of likely N-dealkylation sites (tertiary alicyclic amines) is 1. The fourth-order valence-corrected chi connectivity index (χ4v) is 5.99. The van der Waals surface area contributed by atoms with Crippen molar-refractivity contribution in [1.29, 1.82) is 0 Å². The van der Waals surface area contributed by atoms with Crippen LogP contribution in [0, 0.1) is 6.92 Å². The molecule has 0 spiro atoms. The Morgan fingerprint density at radius 3 is 2.62 bits per heavy atom. The molecule has 2 N–H and O–H groups in total. The Bertz CT molecular complexity index is 1820. The molecule has 0 aliphatic carbocycles. The van der Waals surface area contributed by atoms with Gasteiger partial charge in [-0.1, -0.05) is 54.1 Å². The molecule has 1 saturated heterocycles. The number of amides is 2. The number of tetrazole rings is 1. The highest BCUT2D eigenvalue weighted by molar-refractivity contribution is 6.30. The third-order valence-corrected chi connectivity index (χ3v) is 8.14. The average molecular weight is 623 g/mol. The van der Waals surface area contributed by atoms with Crippen LogP contribution >= 0.6 is 11.6 Å². The van der Waals surface area contributed by atoms with Crippen molar-refractivity contribution in [2.75, 3.05) is 19.0 Å². The van der Waals surface area contributed by atoms with E-state index in [2.05, 4.69) is 42.7 Å². The number of rotatable bonds is 7. The summed E-state index contributed by atoms with van der Waals surface area (Å²) in [7, 11) is 1.32. The Hall–Kier alpha value is -5.29. The molecule has 2 aromatic heterocycles. The number of halogens is 1. The minimum absolute atomic E-state index is 0.0327. The zero-order valence-electron chi connectivity index (χ0n) is 24.7. The van der Waals surface area contributed by atoms with Crippen molar-refractivity contribution in [3.8, 4) is 16.9 Å². The molecule has 6 rings (SSSR count). The van der Waals surface area contributed by atoms with Gasteiger partial charge in [-0.3, -0.25) is 10.1 Å². The number of nitrogens with one attached hydrogen (secondary N) is 2. The first-order chi connectivity index (χ1) is 21.9. The van der Waals surface area contributed by atoms with Gasteiger partial charge in [0.05, 0.1) is 24.5 Å². The molecule has 2 amide bonds. The molecule has 1 aliphatic heterocycles. The normalized spacial score (nSPS) is 16.6. The van der Waals surface area contributed by atoms with E-state index in [1.165, 1.54) is 18.1 Å². The lowest BCUT2D eigenvalue weighted by Gasteiger charge is -2.40. The number of imidazole rings is 1. The number of piperidine rings is 1. The number of hydrogen-bond acceptors (Lipinski definition) is 7. The summed E-state index contributed by atoms with van der Waals surface area (Å²) in [5.41, 5.74) is 5.70. The van der Waals surface area contributed by atoms with Crippen molar-refractivity contribution in [2.45, 2.75) is 31.7 Å². The molecule has 11 nitrogen and oxygen atoms in total. The third kappa shape index (κ3) is 6.48. The highest BCUT2D eigenvalue weighted by Gasteiger charge is 2.38. The summed E-state index contributed by atoms with van der Waals surface area (Å²) in [6, 6.07) is 22.7. The van der Waals surface area contributed by atoms with Gasteiger partial charge in [-0.25, -0.2) is 9.78 Å². The van der Waals surface area contributed by atoms with Gasteiger partial charge in [-0.2, -0.15) is 4.68 Å². The van der Waals surface area contributed by atoms with E-state index in [0.29, 0.717) is 34.3 Å². The van der Waals surface area contributed by atoms with Crippen LogP contribution in [0.1, 0.15) is 47.4 Å². The molecule has 12 heteroatoms. The standard InChI is InChI=1S/C33H31ClN8O3/c1-21-30(23-10-14-26(15-11-23)37-33(44)45-2)38-32(36-21)31-27(22-7-4-3-5-8-22)9-6-18-41(31)29(43)17-12-24-19-25(34)13-16-28(24)42-20-35-39-40-42/h3-5,7-8,10-17,19-20,27,31H,6,9,18H2,1-2H3,(H,36,38)(H,37,44)/b17-12+. The molecule has 0 saturated carbocycles. The van der Waals surface area contributed by atoms with Gasteiger partial charge in [-0.15, -0.1) is 5.10 Å². The number of nitrogens with zero attached hydrogens (tertiary/aromatic N) is 6. The molecule has 3 heterocycles. The minimum Gasteiger partial charge on any atom is -0.453 e. The van der Waals surface area contributed by atoms with E-state index >= 15 is 0 Å². The molecular weight excluding hydrogens is 592 g/mol. The molecule has 2 atom stereocenters. The van der Waals surface area contributed by atoms with E-state index in [4.69, 9.17) is 16.6 Å².